The summed E-state index contributed by atoms with van der Waals surface area (Å²) in [5, 5.41) is 4.12. The number of carbonyl (C=O) groups excluding carboxylic acids is 1. The Labute approximate surface area is 180 Å². The molecule has 8 heteroatoms. The zero-order valence-electron chi connectivity index (χ0n) is 18.3. The Kier molecular flexibility index (Phi) is 5.54. The van der Waals surface area contributed by atoms with Crippen molar-refractivity contribution >= 4 is 11.6 Å². The van der Waals surface area contributed by atoms with Gasteiger partial charge < -0.3 is 23.6 Å². The van der Waals surface area contributed by atoms with Crippen molar-refractivity contribution in [1.29, 1.82) is 0 Å². The number of benzene rings is 2. The molecule has 0 radical (unpaired) electrons. The lowest BCUT2D eigenvalue weighted by Crippen LogP contribution is -2.24. The number of amides is 1. The van der Waals surface area contributed by atoms with Crippen molar-refractivity contribution in [2.24, 2.45) is 0 Å². The predicted molar refractivity (Wildman–Crippen MR) is 115 cm³/mol. The Morgan fingerprint density at radius 3 is 2.32 bits per heavy atom. The molecular weight excluding hydrogens is 398 g/mol. The average Bonchev–Trinajstić information content (AvgIpc) is 3.41. The van der Waals surface area contributed by atoms with Crippen LogP contribution in [0.1, 0.15) is 29.4 Å². The van der Waals surface area contributed by atoms with Crippen LogP contribution in [0, 0.1) is 13.8 Å². The molecule has 1 aliphatic heterocycles. The molecule has 1 aromatic heterocycles. The highest BCUT2D eigenvalue weighted by Gasteiger charge is 2.35. The molecule has 1 atom stereocenters. The molecule has 1 fully saturated rings. The molecule has 1 amide bonds. The van der Waals surface area contributed by atoms with Gasteiger partial charge in [0, 0.05) is 24.2 Å². The Morgan fingerprint density at radius 2 is 1.71 bits per heavy atom. The number of nitrogens with zero attached hydrogens (tertiary/aromatic N) is 3. The first kappa shape index (κ1) is 20.7. The quantitative estimate of drug-likeness (QED) is 0.594. The molecule has 8 nitrogen and oxygen atoms in total. The SMILES string of the molecule is COc1cc(-c2noc([C@@H]3CC(=O)N(c4ccc(C)c(C)c4)C3)n2)cc(OC)c1OC. The number of aryl methyl sites for hydroxylation is 2. The van der Waals surface area contributed by atoms with Crippen LogP contribution < -0.4 is 19.1 Å². The summed E-state index contributed by atoms with van der Waals surface area (Å²) >= 11 is 0. The molecule has 0 saturated carbocycles. The number of carbonyl (C=O) groups is 1. The van der Waals surface area contributed by atoms with E-state index in [4.69, 9.17) is 18.7 Å². The maximum Gasteiger partial charge on any atom is 0.232 e. The zero-order valence-corrected chi connectivity index (χ0v) is 18.3. The van der Waals surface area contributed by atoms with Gasteiger partial charge >= 0.3 is 0 Å². The van der Waals surface area contributed by atoms with Gasteiger partial charge in [0.1, 0.15) is 0 Å². The van der Waals surface area contributed by atoms with Crippen LogP contribution in [-0.4, -0.2) is 43.9 Å². The largest absolute Gasteiger partial charge is 0.493 e. The van der Waals surface area contributed by atoms with Gasteiger partial charge in [0.15, 0.2) is 11.5 Å². The van der Waals surface area contributed by atoms with E-state index in [1.807, 2.05) is 25.1 Å². The summed E-state index contributed by atoms with van der Waals surface area (Å²) in [5.74, 6) is 2.19. The van der Waals surface area contributed by atoms with E-state index in [1.165, 1.54) is 5.56 Å². The molecule has 0 unspecified atom stereocenters. The highest BCUT2D eigenvalue weighted by atomic mass is 16.5. The summed E-state index contributed by atoms with van der Waals surface area (Å²) in [6.07, 6.45) is 0.323. The van der Waals surface area contributed by atoms with E-state index in [-0.39, 0.29) is 11.8 Å². The molecule has 2 heterocycles. The molecule has 0 spiro atoms. The minimum Gasteiger partial charge on any atom is -0.493 e. The third-order valence-corrected chi connectivity index (χ3v) is 5.64. The van der Waals surface area contributed by atoms with E-state index in [9.17, 15) is 4.79 Å². The lowest BCUT2D eigenvalue weighted by molar-refractivity contribution is -0.117. The second-order valence-corrected chi connectivity index (χ2v) is 7.54. The summed E-state index contributed by atoms with van der Waals surface area (Å²) < 4.78 is 21.7. The first-order valence-electron chi connectivity index (χ1n) is 9.96. The van der Waals surface area contributed by atoms with Crippen molar-refractivity contribution in [1.82, 2.24) is 10.1 Å². The van der Waals surface area contributed by atoms with E-state index < -0.39 is 0 Å². The standard InChI is InChI=1S/C23H25N3O5/c1-13-6-7-17(8-14(13)2)26-12-16(11-20(26)27)23-24-22(25-31-23)15-9-18(28-3)21(30-5)19(10-15)29-4/h6-10,16H,11-12H2,1-5H3/t16-/m1/s1. The van der Waals surface area contributed by atoms with Crippen molar-refractivity contribution in [3.63, 3.8) is 0 Å². The van der Waals surface area contributed by atoms with Gasteiger partial charge in [-0.15, -0.1) is 0 Å². The summed E-state index contributed by atoms with van der Waals surface area (Å²) in [7, 11) is 4.65. The molecule has 0 bridgehead atoms. The second-order valence-electron chi connectivity index (χ2n) is 7.54. The van der Waals surface area contributed by atoms with E-state index >= 15 is 0 Å². The fraction of sp³-hybridized carbons (Fsp3) is 0.348. The minimum absolute atomic E-state index is 0.0424. The fourth-order valence-corrected chi connectivity index (χ4v) is 3.74. The number of ether oxygens (including phenoxy) is 3. The summed E-state index contributed by atoms with van der Waals surface area (Å²) in [4.78, 5) is 19.0. The van der Waals surface area contributed by atoms with Gasteiger partial charge in [-0.05, 0) is 49.2 Å². The Hall–Kier alpha value is -3.55. The van der Waals surface area contributed by atoms with Crippen molar-refractivity contribution in [3.8, 4) is 28.6 Å². The molecule has 4 rings (SSSR count). The molecule has 3 aromatic rings. The molecule has 31 heavy (non-hydrogen) atoms. The summed E-state index contributed by atoms with van der Waals surface area (Å²) in [5.41, 5.74) is 3.90. The minimum atomic E-state index is -0.169. The predicted octanol–water partition coefficient (Wildman–Crippen LogP) is 3.90. The van der Waals surface area contributed by atoms with Gasteiger partial charge in [0.2, 0.25) is 23.4 Å². The van der Waals surface area contributed by atoms with Crippen LogP contribution in [0.4, 0.5) is 5.69 Å². The van der Waals surface area contributed by atoms with Crippen molar-refractivity contribution in [2.45, 2.75) is 26.2 Å². The number of aromatic nitrogens is 2. The normalized spacial score (nSPS) is 16.0. The van der Waals surface area contributed by atoms with Crippen LogP contribution in [0.15, 0.2) is 34.9 Å². The van der Waals surface area contributed by atoms with Crippen molar-refractivity contribution in [3.05, 3.63) is 47.3 Å². The third-order valence-electron chi connectivity index (χ3n) is 5.64. The maximum absolute atomic E-state index is 12.7. The highest BCUT2D eigenvalue weighted by molar-refractivity contribution is 5.96. The molecule has 0 N–H and O–H groups in total. The maximum atomic E-state index is 12.7. The number of hydrogen-bond acceptors (Lipinski definition) is 7. The summed E-state index contributed by atoms with van der Waals surface area (Å²) in [6.45, 7) is 4.59. The van der Waals surface area contributed by atoms with Gasteiger partial charge in [0.05, 0.1) is 27.2 Å². The molecular formula is C23H25N3O5. The van der Waals surface area contributed by atoms with Crippen LogP contribution in [-0.2, 0) is 4.79 Å². The molecule has 2 aromatic carbocycles. The number of hydrogen-bond donors (Lipinski definition) is 0. The van der Waals surface area contributed by atoms with Crippen LogP contribution in [0.2, 0.25) is 0 Å². The van der Waals surface area contributed by atoms with Gasteiger partial charge in [0.25, 0.3) is 0 Å². The Morgan fingerprint density at radius 1 is 1.00 bits per heavy atom. The van der Waals surface area contributed by atoms with Gasteiger partial charge in [-0.2, -0.15) is 4.98 Å². The van der Waals surface area contributed by atoms with Gasteiger partial charge in [-0.1, -0.05) is 11.2 Å². The fourth-order valence-electron chi connectivity index (χ4n) is 3.74. The van der Waals surface area contributed by atoms with Crippen molar-refractivity contribution < 1.29 is 23.5 Å². The van der Waals surface area contributed by atoms with Crippen LogP contribution in [0.3, 0.4) is 0 Å². The number of rotatable bonds is 6. The highest BCUT2D eigenvalue weighted by Crippen LogP contribution is 2.41. The van der Waals surface area contributed by atoms with Crippen LogP contribution >= 0.6 is 0 Å². The molecule has 1 saturated heterocycles. The first-order chi connectivity index (χ1) is 14.9. The smallest absolute Gasteiger partial charge is 0.232 e. The monoisotopic (exact) mass is 423 g/mol. The average molecular weight is 423 g/mol. The second kappa shape index (κ2) is 8.29. The van der Waals surface area contributed by atoms with Gasteiger partial charge in [-0.25, -0.2) is 0 Å². The Bertz CT molecular complexity index is 1100. The van der Waals surface area contributed by atoms with Crippen LogP contribution in [0.5, 0.6) is 17.2 Å². The lowest BCUT2D eigenvalue weighted by Gasteiger charge is -2.17. The van der Waals surface area contributed by atoms with Gasteiger partial charge in [-0.3, -0.25) is 4.79 Å². The molecule has 1 aliphatic rings. The topological polar surface area (TPSA) is 86.9 Å². The van der Waals surface area contributed by atoms with Crippen molar-refractivity contribution in [2.75, 3.05) is 32.8 Å². The van der Waals surface area contributed by atoms with E-state index in [0.29, 0.717) is 47.5 Å². The number of anilines is 1. The summed E-state index contributed by atoms with van der Waals surface area (Å²) in [6, 6.07) is 9.55. The first-order valence-corrected chi connectivity index (χ1v) is 9.96. The van der Waals surface area contributed by atoms with E-state index in [2.05, 4.69) is 17.1 Å². The molecule has 0 aliphatic carbocycles. The van der Waals surface area contributed by atoms with E-state index in [1.54, 1.807) is 38.4 Å². The molecule has 162 valence electrons. The lowest BCUT2D eigenvalue weighted by atomic mass is 10.1. The third kappa shape index (κ3) is 3.81. The van der Waals surface area contributed by atoms with E-state index in [0.717, 1.165) is 11.3 Å². The number of methoxy groups -OCH3 is 3. The van der Waals surface area contributed by atoms with Crippen LogP contribution in [0.25, 0.3) is 11.4 Å². The zero-order chi connectivity index (χ0) is 22.1. The Balaban J connectivity index is 1.59.